The summed E-state index contributed by atoms with van der Waals surface area (Å²) in [6, 6.07) is -0.177. The Labute approximate surface area is 106 Å². The van der Waals surface area contributed by atoms with Gasteiger partial charge < -0.3 is 14.9 Å². The molecule has 7 heteroatoms. The van der Waals surface area contributed by atoms with Crippen molar-refractivity contribution in [3.8, 4) is 0 Å². The predicted octanol–water partition coefficient (Wildman–Crippen LogP) is -0.735. The maximum absolute atomic E-state index is 11.9. The number of rotatable bonds is 2. The molecule has 0 aromatic heterocycles. The van der Waals surface area contributed by atoms with E-state index in [4.69, 9.17) is 5.11 Å². The number of nitrogens with one attached hydrogen (secondary N) is 1. The summed E-state index contributed by atoms with van der Waals surface area (Å²) >= 11 is 0. The summed E-state index contributed by atoms with van der Waals surface area (Å²) in [4.78, 5) is 26.5. The highest BCUT2D eigenvalue weighted by Crippen LogP contribution is 2.16. The molecule has 0 aromatic carbocycles. The molecule has 18 heavy (non-hydrogen) atoms. The zero-order valence-corrected chi connectivity index (χ0v) is 10.6. The Balaban J connectivity index is 1.77. The van der Waals surface area contributed by atoms with E-state index >= 15 is 0 Å². The first-order valence-electron chi connectivity index (χ1n) is 6.28. The minimum Gasteiger partial charge on any atom is -0.481 e. The van der Waals surface area contributed by atoms with Gasteiger partial charge in [-0.3, -0.25) is 10.2 Å². The van der Waals surface area contributed by atoms with Crippen molar-refractivity contribution in [1.29, 1.82) is 0 Å². The van der Waals surface area contributed by atoms with Crippen LogP contribution in [0.25, 0.3) is 0 Å². The Morgan fingerprint density at radius 2 is 1.83 bits per heavy atom. The Morgan fingerprint density at radius 3 is 2.39 bits per heavy atom. The summed E-state index contributed by atoms with van der Waals surface area (Å²) in [7, 11) is 2.05. The van der Waals surface area contributed by atoms with Crippen LogP contribution in [-0.2, 0) is 4.79 Å². The predicted molar refractivity (Wildman–Crippen MR) is 64.9 cm³/mol. The minimum atomic E-state index is -0.815. The molecule has 2 aliphatic heterocycles. The second kappa shape index (κ2) is 5.53. The number of carbonyl (C=O) groups excluding carboxylic acids is 1. The van der Waals surface area contributed by atoms with Crippen molar-refractivity contribution in [2.24, 2.45) is 5.92 Å². The van der Waals surface area contributed by atoms with Crippen LogP contribution >= 0.6 is 0 Å². The molecule has 2 saturated heterocycles. The van der Waals surface area contributed by atoms with Gasteiger partial charge in [0.1, 0.15) is 0 Å². The highest BCUT2D eigenvalue weighted by molar-refractivity contribution is 5.77. The molecule has 2 aliphatic rings. The van der Waals surface area contributed by atoms with Gasteiger partial charge in [0.15, 0.2) is 0 Å². The Morgan fingerprint density at radius 1 is 1.17 bits per heavy atom. The van der Waals surface area contributed by atoms with Crippen molar-refractivity contribution in [2.45, 2.75) is 6.42 Å². The standard InChI is InChI=1S/C11H20N4O3/c1-13-4-6-15(7-5-13)12-11(18)14-3-2-9(8-14)10(16)17/h9H,2-8H2,1H3,(H,12,18)(H,16,17). The monoisotopic (exact) mass is 256 g/mol. The smallest absolute Gasteiger partial charge is 0.331 e. The number of amides is 2. The normalized spacial score (nSPS) is 26.3. The fraction of sp³-hybridized carbons (Fsp3) is 0.818. The van der Waals surface area contributed by atoms with Gasteiger partial charge in [0.2, 0.25) is 0 Å². The number of carboxylic acids is 1. The van der Waals surface area contributed by atoms with Crippen LogP contribution in [0.2, 0.25) is 0 Å². The first kappa shape index (κ1) is 13.1. The van der Waals surface area contributed by atoms with Crippen molar-refractivity contribution < 1.29 is 14.7 Å². The highest BCUT2D eigenvalue weighted by atomic mass is 16.4. The molecule has 0 radical (unpaired) electrons. The molecular formula is C11H20N4O3. The summed E-state index contributed by atoms with van der Waals surface area (Å²) in [5.41, 5.74) is 2.84. The first-order valence-corrected chi connectivity index (χ1v) is 6.28. The summed E-state index contributed by atoms with van der Waals surface area (Å²) in [5.74, 6) is -1.23. The van der Waals surface area contributed by atoms with Crippen LogP contribution in [0.1, 0.15) is 6.42 Å². The molecule has 0 saturated carbocycles. The Kier molecular flexibility index (Phi) is 4.03. The average Bonchev–Trinajstić information content (AvgIpc) is 2.81. The van der Waals surface area contributed by atoms with Crippen LogP contribution in [-0.4, -0.2) is 78.2 Å². The zero-order chi connectivity index (χ0) is 13.1. The first-order chi connectivity index (χ1) is 8.56. The third-order valence-corrected chi connectivity index (χ3v) is 3.58. The van der Waals surface area contributed by atoms with Crippen molar-refractivity contribution in [2.75, 3.05) is 46.3 Å². The van der Waals surface area contributed by atoms with Gasteiger partial charge in [-0.1, -0.05) is 0 Å². The van der Waals surface area contributed by atoms with Crippen LogP contribution in [0.4, 0.5) is 4.79 Å². The average molecular weight is 256 g/mol. The van der Waals surface area contributed by atoms with Crippen LogP contribution in [0.5, 0.6) is 0 Å². The fourth-order valence-corrected chi connectivity index (χ4v) is 2.27. The van der Waals surface area contributed by atoms with Crippen LogP contribution < -0.4 is 5.43 Å². The molecule has 0 spiro atoms. The van der Waals surface area contributed by atoms with Gasteiger partial charge in [0.05, 0.1) is 5.92 Å². The fourth-order valence-electron chi connectivity index (χ4n) is 2.27. The molecule has 2 fully saturated rings. The molecule has 0 aromatic rings. The number of likely N-dealkylation sites (N-methyl/N-ethyl adjacent to an activating group) is 1. The summed E-state index contributed by atoms with van der Waals surface area (Å²) in [6.07, 6.45) is 0.547. The second-order valence-electron chi connectivity index (χ2n) is 4.98. The SMILES string of the molecule is CN1CCN(NC(=O)N2CCC(C(=O)O)C2)CC1. The lowest BCUT2D eigenvalue weighted by Crippen LogP contribution is -2.55. The van der Waals surface area contributed by atoms with Gasteiger partial charge in [0, 0.05) is 39.3 Å². The van der Waals surface area contributed by atoms with Gasteiger partial charge in [0.25, 0.3) is 0 Å². The molecule has 2 heterocycles. The maximum atomic E-state index is 11.9. The third kappa shape index (κ3) is 3.11. The molecule has 1 unspecified atom stereocenters. The number of urea groups is 1. The quantitative estimate of drug-likeness (QED) is 0.681. The van der Waals surface area contributed by atoms with Crippen LogP contribution in [0, 0.1) is 5.92 Å². The van der Waals surface area contributed by atoms with E-state index in [1.54, 1.807) is 4.90 Å². The van der Waals surface area contributed by atoms with Gasteiger partial charge in [-0.2, -0.15) is 0 Å². The lowest BCUT2D eigenvalue weighted by molar-refractivity contribution is -0.141. The van der Waals surface area contributed by atoms with Gasteiger partial charge in [-0.25, -0.2) is 9.80 Å². The van der Waals surface area contributed by atoms with E-state index in [2.05, 4.69) is 17.4 Å². The van der Waals surface area contributed by atoms with Gasteiger partial charge in [-0.05, 0) is 13.5 Å². The highest BCUT2D eigenvalue weighted by Gasteiger charge is 2.31. The Bertz CT molecular complexity index is 328. The number of aliphatic carboxylic acids is 1. The number of hydrogen-bond acceptors (Lipinski definition) is 4. The number of carboxylic acid groups (broad SMARTS) is 1. The van der Waals surface area contributed by atoms with Crippen molar-refractivity contribution in [3.05, 3.63) is 0 Å². The molecule has 2 amide bonds. The van der Waals surface area contributed by atoms with E-state index in [1.165, 1.54) is 0 Å². The van der Waals surface area contributed by atoms with Crippen molar-refractivity contribution in [3.63, 3.8) is 0 Å². The number of hydrazine groups is 1. The Hall–Kier alpha value is -1.34. The maximum Gasteiger partial charge on any atom is 0.331 e. The van der Waals surface area contributed by atoms with E-state index in [1.807, 2.05) is 5.01 Å². The van der Waals surface area contributed by atoms with E-state index < -0.39 is 11.9 Å². The lowest BCUT2D eigenvalue weighted by atomic mass is 10.1. The summed E-state index contributed by atoms with van der Waals surface area (Å²) < 4.78 is 0. The van der Waals surface area contributed by atoms with Gasteiger partial charge in [-0.15, -0.1) is 0 Å². The zero-order valence-electron chi connectivity index (χ0n) is 10.6. The van der Waals surface area contributed by atoms with E-state index in [9.17, 15) is 9.59 Å². The number of likely N-dealkylation sites (tertiary alicyclic amines) is 1. The molecule has 2 N–H and O–H groups in total. The summed E-state index contributed by atoms with van der Waals surface area (Å²) in [5, 5.41) is 10.8. The van der Waals surface area contributed by atoms with E-state index in [0.717, 1.165) is 26.2 Å². The molecule has 0 aliphatic carbocycles. The molecule has 2 rings (SSSR count). The molecule has 7 nitrogen and oxygen atoms in total. The van der Waals surface area contributed by atoms with E-state index in [0.29, 0.717) is 19.5 Å². The third-order valence-electron chi connectivity index (χ3n) is 3.58. The largest absolute Gasteiger partial charge is 0.481 e. The van der Waals surface area contributed by atoms with E-state index in [-0.39, 0.29) is 6.03 Å². The number of nitrogens with zero attached hydrogens (tertiary/aromatic N) is 3. The van der Waals surface area contributed by atoms with Gasteiger partial charge >= 0.3 is 12.0 Å². The number of piperazine rings is 1. The van der Waals surface area contributed by atoms with Crippen LogP contribution in [0.15, 0.2) is 0 Å². The van der Waals surface area contributed by atoms with Crippen molar-refractivity contribution >= 4 is 12.0 Å². The number of hydrogen-bond donors (Lipinski definition) is 2. The lowest BCUT2D eigenvalue weighted by Gasteiger charge is -2.33. The summed E-state index contributed by atoms with van der Waals surface area (Å²) in [6.45, 7) is 4.30. The second-order valence-corrected chi connectivity index (χ2v) is 4.98. The van der Waals surface area contributed by atoms with Crippen molar-refractivity contribution in [1.82, 2.24) is 20.2 Å². The molecule has 102 valence electrons. The van der Waals surface area contributed by atoms with Crippen LogP contribution in [0.3, 0.4) is 0 Å². The minimum absolute atomic E-state index is 0.177. The molecular weight excluding hydrogens is 236 g/mol. The number of carbonyl (C=O) groups is 2. The topological polar surface area (TPSA) is 76.1 Å². The molecule has 0 bridgehead atoms. The molecule has 1 atom stereocenters.